The van der Waals surface area contributed by atoms with Crippen molar-refractivity contribution in [1.82, 2.24) is 20.2 Å². The molecule has 0 saturated carbocycles. The molecule has 0 aliphatic rings. The quantitative estimate of drug-likeness (QED) is 0.195. The molecule has 1 heterocycles. The van der Waals surface area contributed by atoms with E-state index in [-0.39, 0.29) is 24.0 Å². The summed E-state index contributed by atoms with van der Waals surface area (Å²) in [6.07, 6.45) is 6.11. The van der Waals surface area contributed by atoms with Crippen molar-refractivity contribution in [2.75, 3.05) is 26.2 Å². The smallest absolute Gasteiger partial charge is 0.191 e. The number of hydrogen-bond acceptors (Lipinski definition) is 3. The van der Waals surface area contributed by atoms with Crippen molar-refractivity contribution in [1.29, 1.82) is 0 Å². The molecule has 2 aromatic rings. The lowest BCUT2D eigenvalue weighted by atomic mass is 10.2. The molecular formula is C22H36IN5O. The monoisotopic (exact) mass is 513 g/mol. The Hall–Kier alpha value is -1.61. The van der Waals surface area contributed by atoms with Crippen molar-refractivity contribution in [3.05, 3.63) is 54.1 Å². The predicted octanol–water partition coefficient (Wildman–Crippen LogP) is 4.00. The van der Waals surface area contributed by atoms with Crippen LogP contribution in [0.1, 0.15) is 38.1 Å². The fraction of sp³-hybridized carbons (Fsp3) is 0.545. The zero-order chi connectivity index (χ0) is 20.0. The van der Waals surface area contributed by atoms with Crippen LogP contribution < -0.4 is 10.6 Å². The normalized spacial score (nSPS) is 12.3. The predicted molar refractivity (Wildman–Crippen MR) is 131 cm³/mol. The summed E-state index contributed by atoms with van der Waals surface area (Å²) < 4.78 is 8.01. The molecule has 1 aromatic carbocycles. The molecule has 0 aliphatic carbocycles. The first kappa shape index (κ1) is 25.4. The second-order valence-electron chi connectivity index (χ2n) is 7.13. The molecule has 2 N–H and O–H groups in total. The number of unbranched alkanes of at least 4 members (excludes halogenated alkanes) is 1. The summed E-state index contributed by atoms with van der Waals surface area (Å²) in [7, 11) is 0. The van der Waals surface area contributed by atoms with Gasteiger partial charge in [0.2, 0.25) is 0 Å². The minimum Gasteiger partial charge on any atom is -0.376 e. The summed E-state index contributed by atoms with van der Waals surface area (Å²) in [6.45, 7) is 11.2. The fourth-order valence-electron chi connectivity index (χ4n) is 2.85. The van der Waals surface area contributed by atoms with Gasteiger partial charge in [0.1, 0.15) is 5.82 Å². The van der Waals surface area contributed by atoms with E-state index in [1.165, 1.54) is 5.56 Å². The molecule has 1 aromatic heterocycles. The van der Waals surface area contributed by atoms with Crippen molar-refractivity contribution in [3.63, 3.8) is 0 Å². The van der Waals surface area contributed by atoms with Gasteiger partial charge < -0.3 is 19.9 Å². The second kappa shape index (κ2) is 15.3. The van der Waals surface area contributed by atoms with E-state index in [2.05, 4.69) is 46.2 Å². The average molecular weight is 513 g/mol. The van der Waals surface area contributed by atoms with Crippen LogP contribution in [0.2, 0.25) is 0 Å². The highest BCUT2D eigenvalue weighted by molar-refractivity contribution is 14.0. The molecule has 0 radical (unpaired) electrons. The van der Waals surface area contributed by atoms with Gasteiger partial charge in [-0.05, 0) is 38.2 Å². The summed E-state index contributed by atoms with van der Waals surface area (Å²) >= 11 is 0. The molecule has 162 valence electrons. The molecule has 2 rings (SSSR count). The van der Waals surface area contributed by atoms with Crippen LogP contribution in [0.5, 0.6) is 0 Å². The van der Waals surface area contributed by atoms with Gasteiger partial charge in [-0.2, -0.15) is 0 Å². The first-order chi connectivity index (χ1) is 13.7. The SMILES string of the molecule is CCNC(=NCC(C)COCc1ccccc1)NCCCCn1ccnc1C.I. The van der Waals surface area contributed by atoms with E-state index in [1.807, 2.05) is 37.5 Å². The maximum Gasteiger partial charge on any atom is 0.191 e. The number of guanidine groups is 1. The van der Waals surface area contributed by atoms with Crippen LogP contribution in [0.25, 0.3) is 0 Å². The van der Waals surface area contributed by atoms with Crippen molar-refractivity contribution >= 4 is 29.9 Å². The summed E-state index contributed by atoms with van der Waals surface area (Å²) in [6, 6.07) is 10.3. The number of aryl methyl sites for hydroxylation is 2. The van der Waals surface area contributed by atoms with Crippen LogP contribution in [-0.4, -0.2) is 41.8 Å². The minimum absolute atomic E-state index is 0. The fourth-order valence-corrected chi connectivity index (χ4v) is 2.85. The third-order valence-corrected chi connectivity index (χ3v) is 4.46. The van der Waals surface area contributed by atoms with E-state index in [0.29, 0.717) is 19.1 Å². The van der Waals surface area contributed by atoms with E-state index in [9.17, 15) is 0 Å². The van der Waals surface area contributed by atoms with Gasteiger partial charge in [-0.1, -0.05) is 37.3 Å². The van der Waals surface area contributed by atoms with Crippen molar-refractivity contribution < 1.29 is 4.74 Å². The van der Waals surface area contributed by atoms with Crippen LogP contribution in [0, 0.1) is 12.8 Å². The lowest BCUT2D eigenvalue weighted by Gasteiger charge is -2.14. The van der Waals surface area contributed by atoms with Crippen LogP contribution in [-0.2, 0) is 17.9 Å². The molecule has 6 nitrogen and oxygen atoms in total. The highest BCUT2D eigenvalue weighted by atomic mass is 127. The van der Waals surface area contributed by atoms with E-state index in [0.717, 1.165) is 50.8 Å². The number of nitrogens with zero attached hydrogens (tertiary/aromatic N) is 3. The van der Waals surface area contributed by atoms with Crippen LogP contribution >= 0.6 is 24.0 Å². The number of halogens is 1. The van der Waals surface area contributed by atoms with Gasteiger partial charge in [0.05, 0.1) is 13.2 Å². The minimum atomic E-state index is 0. The number of aliphatic imine (C=N–C) groups is 1. The third kappa shape index (κ3) is 10.7. The molecule has 0 aliphatic heterocycles. The molecule has 29 heavy (non-hydrogen) atoms. The van der Waals surface area contributed by atoms with Gasteiger partial charge in [0, 0.05) is 38.6 Å². The number of ether oxygens (including phenoxy) is 1. The standard InChI is InChI=1S/C22H35N5O.HI/c1-4-23-22(25-12-8-9-14-27-15-13-24-20(27)3)26-16-19(2)17-28-18-21-10-6-5-7-11-21;/h5-7,10-11,13,15,19H,4,8-9,12,14,16-18H2,1-3H3,(H2,23,25,26);1H. The molecule has 0 amide bonds. The van der Waals surface area contributed by atoms with E-state index in [1.54, 1.807) is 0 Å². The maximum absolute atomic E-state index is 5.81. The highest BCUT2D eigenvalue weighted by Crippen LogP contribution is 2.04. The van der Waals surface area contributed by atoms with Crippen molar-refractivity contribution in [2.24, 2.45) is 10.9 Å². The molecule has 0 bridgehead atoms. The van der Waals surface area contributed by atoms with Gasteiger partial charge in [-0.15, -0.1) is 24.0 Å². The maximum atomic E-state index is 5.81. The zero-order valence-corrected chi connectivity index (χ0v) is 20.3. The van der Waals surface area contributed by atoms with Crippen molar-refractivity contribution in [2.45, 2.75) is 46.8 Å². The van der Waals surface area contributed by atoms with Gasteiger partial charge in [0.25, 0.3) is 0 Å². The Morgan fingerprint density at radius 2 is 2.00 bits per heavy atom. The average Bonchev–Trinajstić information content (AvgIpc) is 3.11. The molecule has 1 unspecified atom stereocenters. The number of nitrogens with one attached hydrogen (secondary N) is 2. The lowest BCUT2D eigenvalue weighted by molar-refractivity contribution is 0.0945. The van der Waals surface area contributed by atoms with Gasteiger partial charge in [0.15, 0.2) is 5.96 Å². The van der Waals surface area contributed by atoms with Crippen LogP contribution in [0.3, 0.4) is 0 Å². The zero-order valence-electron chi connectivity index (χ0n) is 17.9. The van der Waals surface area contributed by atoms with E-state index in [4.69, 9.17) is 9.73 Å². The molecule has 0 spiro atoms. The molecule has 7 heteroatoms. The Kier molecular flexibility index (Phi) is 13.4. The Morgan fingerprint density at radius 3 is 2.69 bits per heavy atom. The molecule has 0 fully saturated rings. The molecule has 1 atom stereocenters. The summed E-state index contributed by atoms with van der Waals surface area (Å²) in [4.78, 5) is 8.96. The molecule has 0 saturated heterocycles. The first-order valence-electron chi connectivity index (χ1n) is 10.3. The van der Waals surface area contributed by atoms with Gasteiger partial charge in [-0.3, -0.25) is 4.99 Å². The van der Waals surface area contributed by atoms with E-state index >= 15 is 0 Å². The van der Waals surface area contributed by atoms with Crippen molar-refractivity contribution in [3.8, 4) is 0 Å². The lowest BCUT2D eigenvalue weighted by Crippen LogP contribution is -2.38. The Labute approximate surface area is 192 Å². The summed E-state index contributed by atoms with van der Waals surface area (Å²) in [5, 5.41) is 6.74. The Bertz CT molecular complexity index is 690. The topological polar surface area (TPSA) is 63.5 Å². The van der Waals surface area contributed by atoms with Crippen LogP contribution in [0.4, 0.5) is 0 Å². The van der Waals surface area contributed by atoms with Crippen LogP contribution in [0.15, 0.2) is 47.7 Å². The largest absolute Gasteiger partial charge is 0.376 e. The highest BCUT2D eigenvalue weighted by Gasteiger charge is 2.04. The summed E-state index contributed by atoms with van der Waals surface area (Å²) in [5.74, 6) is 2.34. The second-order valence-corrected chi connectivity index (χ2v) is 7.13. The Morgan fingerprint density at radius 1 is 1.21 bits per heavy atom. The first-order valence-corrected chi connectivity index (χ1v) is 10.3. The number of aromatic nitrogens is 2. The third-order valence-electron chi connectivity index (χ3n) is 4.46. The number of benzene rings is 1. The number of hydrogen-bond donors (Lipinski definition) is 2. The summed E-state index contributed by atoms with van der Waals surface area (Å²) in [5.41, 5.74) is 1.21. The number of imidazole rings is 1. The molecular weight excluding hydrogens is 477 g/mol. The number of rotatable bonds is 12. The van der Waals surface area contributed by atoms with Gasteiger partial charge >= 0.3 is 0 Å². The van der Waals surface area contributed by atoms with Gasteiger partial charge in [-0.25, -0.2) is 4.98 Å². The van der Waals surface area contributed by atoms with E-state index < -0.39 is 0 Å². The Balaban J connectivity index is 0.00000420.